The molecule has 3 rings (SSSR count). The summed E-state index contributed by atoms with van der Waals surface area (Å²) >= 11 is 1.40. The predicted octanol–water partition coefficient (Wildman–Crippen LogP) is 1.64. The number of benzene rings is 1. The standard InChI is InChI=1S/C16H20N4O3S2/c1-12-17-15(11-24-12)16(21)18-13-3-5-14(6-4-13)25(22,23)20-9-7-19(2)8-10-20/h3-6,11H,7-10H2,1-2H3,(H,18,21). The minimum Gasteiger partial charge on any atom is -0.321 e. The number of carbonyl (C=O) groups is 1. The number of aromatic nitrogens is 1. The highest BCUT2D eigenvalue weighted by Gasteiger charge is 2.27. The predicted molar refractivity (Wildman–Crippen MR) is 97.5 cm³/mol. The molecule has 0 aliphatic carbocycles. The number of rotatable bonds is 4. The summed E-state index contributed by atoms with van der Waals surface area (Å²) in [6, 6.07) is 6.24. The van der Waals surface area contributed by atoms with E-state index in [0.717, 1.165) is 18.1 Å². The number of anilines is 1. The number of likely N-dealkylation sites (N-methyl/N-ethyl adjacent to an activating group) is 1. The highest BCUT2D eigenvalue weighted by atomic mass is 32.2. The average Bonchev–Trinajstić information content (AvgIpc) is 3.02. The number of aryl methyl sites for hydroxylation is 1. The van der Waals surface area contributed by atoms with Crippen molar-refractivity contribution in [1.82, 2.24) is 14.2 Å². The van der Waals surface area contributed by atoms with Crippen LogP contribution >= 0.6 is 11.3 Å². The van der Waals surface area contributed by atoms with Gasteiger partial charge >= 0.3 is 0 Å². The normalized spacial score (nSPS) is 16.7. The van der Waals surface area contributed by atoms with Crippen LogP contribution in [0.3, 0.4) is 0 Å². The Morgan fingerprint density at radius 2 is 1.80 bits per heavy atom. The Bertz CT molecular complexity index is 854. The zero-order valence-electron chi connectivity index (χ0n) is 14.1. The van der Waals surface area contributed by atoms with Crippen LogP contribution < -0.4 is 5.32 Å². The van der Waals surface area contributed by atoms with Crippen LogP contribution in [-0.4, -0.2) is 61.7 Å². The molecule has 1 aromatic heterocycles. The fourth-order valence-electron chi connectivity index (χ4n) is 2.55. The Hall–Kier alpha value is -1.81. The first-order valence-corrected chi connectivity index (χ1v) is 10.2. The Morgan fingerprint density at radius 1 is 1.16 bits per heavy atom. The molecule has 1 saturated heterocycles. The lowest BCUT2D eigenvalue weighted by atomic mass is 10.3. The lowest BCUT2D eigenvalue weighted by molar-refractivity contribution is 0.102. The minimum absolute atomic E-state index is 0.236. The van der Waals surface area contributed by atoms with E-state index >= 15 is 0 Å². The maximum Gasteiger partial charge on any atom is 0.275 e. The molecule has 134 valence electrons. The Kier molecular flexibility index (Phi) is 5.19. The summed E-state index contributed by atoms with van der Waals surface area (Å²) in [5.74, 6) is -0.306. The van der Waals surface area contributed by atoms with Crippen molar-refractivity contribution in [2.75, 3.05) is 38.5 Å². The van der Waals surface area contributed by atoms with Crippen molar-refractivity contribution >= 4 is 33.0 Å². The fourth-order valence-corrected chi connectivity index (χ4v) is 4.57. The summed E-state index contributed by atoms with van der Waals surface area (Å²) in [5.41, 5.74) is 0.893. The third-order valence-electron chi connectivity index (χ3n) is 4.06. The van der Waals surface area contributed by atoms with Gasteiger partial charge < -0.3 is 10.2 Å². The largest absolute Gasteiger partial charge is 0.321 e. The average molecular weight is 380 g/mol. The Balaban J connectivity index is 1.70. The fraction of sp³-hybridized carbons (Fsp3) is 0.375. The summed E-state index contributed by atoms with van der Waals surface area (Å²) in [5, 5.41) is 5.24. The Labute approximate surface area is 151 Å². The summed E-state index contributed by atoms with van der Waals surface area (Å²) in [6.45, 7) is 4.25. The molecule has 0 saturated carbocycles. The van der Waals surface area contributed by atoms with Gasteiger partial charge in [-0.2, -0.15) is 4.31 Å². The highest BCUT2D eigenvalue weighted by molar-refractivity contribution is 7.89. The second-order valence-corrected chi connectivity index (χ2v) is 8.94. The molecule has 0 bridgehead atoms. The van der Waals surface area contributed by atoms with E-state index in [9.17, 15) is 13.2 Å². The van der Waals surface area contributed by atoms with E-state index in [4.69, 9.17) is 0 Å². The first-order chi connectivity index (χ1) is 11.9. The molecular formula is C16H20N4O3S2. The van der Waals surface area contributed by atoms with E-state index in [1.807, 2.05) is 14.0 Å². The first kappa shape index (κ1) is 18.0. The zero-order chi connectivity index (χ0) is 18.0. The molecule has 25 heavy (non-hydrogen) atoms. The van der Waals surface area contributed by atoms with Crippen LogP contribution in [0.2, 0.25) is 0 Å². The van der Waals surface area contributed by atoms with Crippen LogP contribution in [0.4, 0.5) is 5.69 Å². The lowest BCUT2D eigenvalue weighted by Crippen LogP contribution is -2.46. The summed E-state index contributed by atoms with van der Waals surface area (Å²) < 4.78 is 26.8. The van der Waals surface area contributed by atoms with E-state index in [0.29, 0.717) is 24.5 Å². The number of carbonyl (C=O) groups excluding carboxylic acids is 1. The van der Waals surface area contributed by atoms with E-state index in [-0.39, 0.29) is 10.8 Å². The molecule has 1 aliphatic heterocycles. The van der Waals surface area contributed by atoms with Gasteiger partial charge in [-0.25, -0.2) is 13.4 Å². The third-order valence-corrected chi connectivity index (χ3v) is 6.75. The number of hydrogen-bond acceptors (Lipinski definition) is 6. The van der Waals surface area contributed by atoms with Crippen LogP contribution in [0, 0.1) is 6.92 Å². The molecule has 1 aliphatic rings. The smallest absolute Gasteiger partial charge is 0.275 e. The molecular weight excluding hydrogens is 360 g/mol. The number of sulfonamides is 1. The summed E-state index contributed by atoms with van der Waals surface area (Å²) in [7, 11) is -1.52. The molecule has 0 unspecified atom stereocenters. The van der Waals surface area contributed by atoms with Gasteiger partial charge in [0.2, 0.25) is 10.0 Å². The van der Waals surface area contributed by atoms with Crippen LogP contribution in [-0.2, 0) is 10.0 Å². The third kappa shape index (κ3) is 4.06. The quantitative estimate of drug-likeness (QED) is 0.872. The lowest BCUT2D eigenvalue weighted by Gasteiger charge is -2.31. The molecule has 1 aromatic carbocycles. The van der Waals surface area contributed by atoms with Crippen molar-refractivity contribution in [2.24, 2.45) is 0 Å². The van der Waals surface area contributed by atoms with Gasteiger partial charge in [-0.3, -0.25) is 4.79 Å². The summed E-state index contributed by atoms with van der Waals surface area (Å²) in [4.78, 5) is 18.6. The van der Waals surface area contributed by atoms with Crippen molar-refractivity contribution in [3.8, 4) is 0 Å². The van der Waals surface area contributed by atoms with Crippen molar-refractivity contribution in [2.45, 2.75) is 11.8 Å². The second-order valence-electron chi connectivity index (χ2n) is 5.94. The molecule has 1 N–H and O–H groups in total. The number of thiazole rings is 1. The van der Waals surface area contributed by atoms with Crippen molar-refractivity contribution in [3.63, 3.8) is 0 Å². The first-order valence-electron chi connectivity index (χ1n) is 7.88. The van der Waals surface area contributed by atoms with Gasteiger partial charge in [0.1, 0.15) is 5.69 Å². The van der Waals surface area contributed by atoms with E-state index in [2.05, 4.69) is 15.2 Å². The van der Waals surface area contributed by atoms with Gasteiger partial charge in [0.25, 0.3) is 5.91 Å². The van der Waals surface area contributed by atoms with Crippen molar-refractivity contribution in [1.29, 1.82) is 0 Å². The molecule has 2 aromatic rings. The molecule has 7 nitrogen and oxygen atoms in total. The van der Waals surface area contributed by atoms with Crippen molar-refractivity contribution < 1.29 is 13.2 Å². The van der Waals surface area contributed by atoms with Gasteiger partial charge in [0, 0.05) is 37.2 Å². The Morgan fingerprint density at radius 3 is 2.36 bits per heavy atom. The highest BCUT2D eigenvalue weighted by Crippen LogP contribution is 2.20. The van der Waals surface area contributed by atoms with Gasteiger partial charge in [0.15, 0.2) is 0 Å². The second kappa shape index (κ2) is 7.20. The van der Waals surface area contributed by atoms with E-state index in [1.165, 1.54) is 27.8 Å². The SMILES string of the molecule is Cc1nc(C(=O)Nc2ccc(S(=O)(=O)N3CCN(C)CC3)cc2)cs1. The molecule has 0 atom stereocenters. The monoisotopic (exact) mass is 380 g/mol. The van der Waals surface area contributed by atoms with Gasteiger partial charge in [-0.05, 0) is 38.2 Å². The molecule has 0 spiro atoms. The number of piperazine rings is 1. The van der Waals surface area contributed by atoms with Gasteiger partial charge in [-0.1, -0.05) is 0 Å². The van der Waals surface area contributed by atoms with Crippen LogP contribution in [0.25, 0.3) is 0 Å². The zero-order valence-corrected chi connectivity index (χ0v) is 15.7. The number of nitrogens with zero attached hydrogens (tertiary/aromatic N) is 3. The van der Waals surface area contributed by atoms with E-state index in [1.54, 1.807) is 17.5 Å². The van der Waals surface area contributed by atoms with E-state index < -0.39 is 10.0 Å². The molecule has 1 amide bonds. The van der Waals surface area contributed by atoms with Crippen LogP contribution in [0.5, 0.6) is 0 Å². The van der Waals surface area contributed by atoms with Gasteiger partial charge in [-0.15, -0.1) is 11.3 Å². The molecule has 2 heterocycles. The topological polar surface area (TPSA) is 82.6 Å². The molecule has 1 fully saturated rings. The summed E-state index contributed by atoms with van der Waals surface area (Å²) in [6.07, 6.45) is 0. The molecule has 0 radical (unpaired) electrons. The van der Waals surface area contributed by atoms with Crippen LogP contribution in [0.1, 0.15) is 15.5 Å². The maximum absolute atomic E-state index is 12.7. The van der Waals surface area contributed by atoms with Crippen molar-refractivity contribution in [3.05, 3.63) is 40.3 Å². The number of amides is 1. The van der Waals surface area contributed by atoms with Crippen LogP contribution in [0.15, 0.2) is 34.5 Å². The van der Waals surface area contributed by atoms with Gasteiger partial charge in [0.05, 0.1) is 9.90 Å². The number of hydrogen-bond donors (Lipinski definition) is 1. The minimum atomic E-state index is -3.50. The maximum atomic E-state index is 12.7. The molecule has 9 heteroatoms. The number of nitrogens with one attached hydrogen (secondary N) is 1.